The molecule has 178 valence electrons. The van der Waals surface area contributed by atoms with Gasteiger partial charge in [0.25, 0.3) is 15.9 Å². The number of rotatable bonds is 5. The fourth-order valence-corrected chi connectivity index (χ4v) is 5.02. The summed E-state index contributed by atoms with van der Waals surface area (Å²) in [6, 6.07) is 14.6. The molecule has 0 aliphatic carbocycles. The zero-order chi connectivity index (χ0) is 24.5. The lowest BCUT2D eigenvalue weighted by molar-refractivity contribution is 0.0747. The smallest absolute Gasteiger partial charge is 0.261 e. The van der Waals surface area contributed by atoms with Crippen molar-refractivity contribution in [2.24, 2.45) is 0 Å². The largest absolute Gasteiger partial charge is 0.368 e. The first-order valence-corrected chi connectivity index (χ1v) is 12.3. The predicted octanol–water partition coefficient (Wildman–Crippen LogP) is 4.34. The summed E-state index contributed by atoms with van der Waals surface area (Å²) in [5, 5.41) is 0. The van der Waals surface area contributed by atoms with Crippen LogP contribution in [0.25, 0.3) is 0 Å². The fraction of sp³-hybridized carbons (Fsp3) is 0.240. The van der Waals surface area contributed by atoms with E-state index in [1.807, 2.05) is 6.07 Å². The molecule has 1 N–H and O–H groups in total. The molecule has 0 aromatic heterocycles. The van der Waals surface area contributed by atoms with Crippen LogP contribution in [0.1, 0.15) is 21.5 Å². The maximum atomic E-state index is 13.4. The van der Waals surface area contributed by atoms with Crippen molar-refractivity contribution in [1.82, 2.24) is 4.90 Å². The highest BCUT2D eigenvalue weighted by molar-refractivity contribution is 7.92. The van der Waals surface area contributed by atoms with Crippen molar-refractivity contribution in [3.05, 3.63) is 89.0 Å². The standard InChI is InChI=1S/C25H25F2N3O3S/c1-17-4-3-5-24(18(17)2)29-12-14-30(15-13-29)25(31)19-6-8-20(9-7-19)28-34(32,33)21-10-11-22(26)23(27)16-21/h3-11,16,28H,12-15H2,1-2H3. The Morgan fingerprint density at radius 1 is 0.882 bits per heavy atom. The zero-order valence-corrected chi connectivity index (χ0v) is 19.7. The van der Waals surface area contributed by atoms with Gasteiger partial charge in [-0.05, 0) is 73.5 Å². The average Bonchev–Trinajstić information content (AvgIpc) is 2.82. The third-order valence-electron chi connectivity index (χ3n) is 6.07. The van der Waals surface area contributed by atoms with E-state index >= 15 is 0 Å². The molecule has 3 aromatic rings. The summed E-state index contributed by atoms with van der Waals surface area (Å²) in [6.45, 7) is 6.79. The maximum absolute atomic E-state index is 13.4. The second kappa shape index (κ2) is 9.42. The molecule has 0 radical (unpaired) electrons. The van der Waals surface area contributed by atoms with Crippen molar-refractivity contribution >= 4 is 27.3 Å². The Balaban J connectivity index is 1.40. The summed E-state index contributed by atoms with van der Waals surface area (Å²) in [5.74, 6) is -2.51. The molecule has 0 atom stereocenters. The predicted molar refractivity (Wildman–Crippen MR) is 128 cm³/mol. The fourth-order valence-electron chi connectivity index (χ4n) is 3.95. The quantitative estimate of drug-likeness (QED) is 0.584. The van der Waals surface area contributed by atoms with Gasteiger partial charge >= 0.3 is 0 Å². The molecule has 1 aliphatic rings. The van der Waals surface area contributed by atoms with E-state index < -0.39 is 26.6 Å². The minimum absolute atomic E-state index is 0.129. The highest BCUT2D eigenvalue weighted by atomic mass is 32.2. The van der Waals surface area contributed by atoms with Gasteiger partial charge in [-0.3, -0.25) is 9.52 Å². The van der Waals surface area contributed by atoms with Gasteiger partial charge in [-0.25, -0.2) is 17.2 Å². The Bertz CT molecular complexity index is 1320. The molecule has 4 rings (SSSR count). The molecular formula is C25H25F2N3O3S. The van der Waals surface area contributed by atoms with Crippen molar-refractivity contribution in [3.8, 4) is 0 Å². The van der Waals surface area contributed by atoms with Crippen LogP contribution in [0.3, 0.4) is 0 Å². The van der Waals surface area contributed by atoms with E-state index in [1.165, 1.54) is 28.9 Å². The van der Waals surface area contributed by atoms with Crippen LogP contribution in [0.5, 0.6) is 0 Å². The topological polar surface area (TPSA) is 69.7 Å². The number of nitrogens with zero attached hydrogens (tertiary/aromatic N) is 2. The van der Waals surface area contributed by atoms with E-state index in [0.29, 0.717) is 24.7 Å². The van der Waals surface area contributed by atoms with Crippen LogP contribution in [-0.2, 0) is 10.0 Å². The van der Waals surface area contributed by atoms with Crippen LogP contribution >= 0.6 is 0 Å². The number of piperazine rings is 1. The first-order valence-electron chi connectivity index (χ1n) is 10.8. The number of carbonyl (C=O) groups excluding carboxylic acids is 1. The molecule has 6 nitrogen and oxygen atoms in total. The lowest BCUT2D eigenvalue weighted by Gasteiger charge is -2.37. The van der Waals surface area contributed by atoms with E-state index in [4.69, 9.17) is 0 Å². The van der Waals surface area contributed by atoms with Crippen LogP contribution < -0.4 is 9.62 Å². The molecule has 1 fully saturated rings. The molecule has 0 spiro atoms. The van der Waals surface area contributed by atoms with Crippen molar-refractivity contribution in [3.63, 3.8) is 0 Å². The number of amides is 1. The summed E-state index contributed by atoms with van der Waals surface area (Å²) < 4.78 is 53.7. The second-order valence-electron chi connectivity index (χ2n) is 8.26. The molecule has 1 heterocycles. The van der Waals surface area contributed by atoms with Gasteiger partial charge in [-0.1, -0.05) is 12.1 Å². The third kappa shape index (κ3) is 4.89. The average molecular weight is 486 g/mol. The maximum Gasteiger partial charge on any atom is 0.261 e. The minimum Gasteiger partial charge on any atom is -0.368 e. The van der Waals surface area contributed by atoms with Gasteiger partial charge in [0.15, 0.2) is 11.6 Å². The van der Waals surface area contributed by atoms with Crippen LogP contribution in [0, 0.1) is 25.5 Å². The number of halogens is 2. The first kappa shape index (κ1) is 23.7. The van der Waals surface area contributed by atoms with Crippen molar-refractivity contribution in [2.75, 3.05) is 35.8 Å². The molecule has 0 unspecified atom stereocenters. The monoisotopic (exact) mass is 485 g/mol. The molecule has 1 amide bonds. The van der Waals surface area contributed by atoms with Gasteiger partial charge in [-0.2, -0.15) is 0 Å². The van der Waals surface area contributed by atoms with E-state index in [2.05, 4.69) is 35.6 Å². The summed E-state index contributed by atoms with van der Waals surface area (Å²) in [6.07, 6.45) is 0. The lowest BCUT2D eigenvalue weighted by Crippen LogP contribution is -2.49. The number of nitrogens with one attached hydrogen (secondary N) is 1. The van der Waals surface area contributed by atoms with Gasteiger partial charge < -0.3 is 9.80 Å². The summed E-state index contributed by atoms with van der Waals surface area (Å²) >= 11 is 0. The minimum atomic E-state index is -4.10. The third-order valence-corrected chi connectivity index (χ3v) is 7.45. The van der Waals surface area contributed by atoms with Gasteiger partial charge in [0, 0.05) is 43.1 Å². The van der Waals surface area contributed by atoms with Crippen molar-refractivity contribution in [2.45, 2.75) is 18.7 Å². The van der Waals surface area contributed by atoms with Gasteiger partial charge in [0.2, 0.25) is 0 Å². The highest BCUT2D eigenvalue weighted by Crippen LogP contribution is 2.25. The number of sulfonamides is 1. The lowest BCUT2D eigenvalue weighted by atomic mass is 10.1. The Morgan fingerprint density at radius 3 is 2.21 bits per heavy atom. The van der Waals surface area contributed by atoms with E-state index in [-0.39, 0.29) is 11.6 Å². The van der Waals surface area contributed by atoms with Crippen LogP contribution in [-0.4, -0.2) is 45.4 Å². The zero-order valence-electron chi connectivity index (χ0n) is 18.9. The summed E-state index contributed by atoms with van der Waals surface area (Å²) in [4.78, 5) is 16.6. The number of carbonyl (C=O) groups is 1. The number of aryl methyl sites for hydroxylation is 1. The molecule has 0 bridgehead atoms. The van der Waals surface area contributed by atoms with Crippen LogP contribution in [0.2, 0.25) is 0 Å². The first-order chi connectivity index (χ1) is 16.2. The Hall–Kier alpha value is -3.46. The van der Waals surface area contributed by atoms with Gasteiger partial charge in [0.05, 0.1) is 4.90 Å². The summed E-state index contributed by atoms with van der Waals surface area (Å²) in [5.41, 5.74) is 4.31. The molecule has 1 aliphatic heterocycles. The summed E-state index contributed by atoms with van der Waals surface area (Å²) in [7, 11) is -4.10. The van der Waals surface area contributed by atoms with Gasteiger partial charge in [0.1, 0.15) is 0 Å². The van der Waals surface area contributed by atoms with E-state index in [9.17, 15) is 22.0 Å². The number of benzene rings is 3. The normalized spacial score (nSPS) is 14.2. The Labute approximate surface area is 197 Å². The van der Waals surface area contributed by atoms with Crippen LogP contribution in [0.15, 0.2) is 65.6 Å². The molecule has 9 heteroatoms. The molecule has 1 saturated heterocycles. The van der Waals surface area contributed by atoms with Crippen molar-refractivity contribution in [1.29, 1.82) is 0 Å². The second-order valence-corrected chi connectivity index (χ2v) is 9.94. The molecular weight excluding hydrogens is 460 g/mol. The van der Waals surface area contributed by atoms with Gasteiger partial charge in [-0.15, -0.1) is 0 Å². The van der Waals surface area contributed by atoms with E-state index in [0.717, 1.165) is 25.2 Å². The number of hydrogen-bond acceptors (Lipinski definition) is 4. The Morgan fingerprint density at radius 2 is 1.56 bits per heavy atom. The SMILES string of the molecule is Cc1cccc(N2CCN(C(=O)c3ccc(NS(=O)(=O)c4ccc(F)c(F)c4)cc3)CC2)c1C. The molecule has 3 aromatic carbocycles. The molecule has 34 heavy (non-hydrogen) atoms. The number of hydrogen-bond donors (Lipinski definition) is 1. The highest BCUT2D eigenvalue weighted by Gasteiger charge is 2.23. The van der Waals surface area contributed by atoms with E-state index in [1.54, 1.807) is 17.0 Å². The Kier molecular flexibility index (Phi) is 6.56. The van der Waals surface area contributed by atoms with Crippen molar-refractivity contribution < 1.29 is 22.0 Å². The van der Waals surface area contributed by atoms with Crippen LogP contribution in [0.4, 0.5) is 20.2 Å². The number of anilines is 2. The molecule has 0 saturated carbocycles.